The van der Waals surface area contributed by atoms with Crippen molar-refractivity contribution in [3.05, 3.63) is 34.9 Å². The predicted octanol–water partition coefficient (Wildman–Crippen LogP) is 3.58. The van der Waals surface area contributed by atoms with Crippen LogP contribution in [-0.2, 0) is 4.79 Å². The number of hydrogen-bond acceptors (Lipinski definition) is 2. The molecule has 0 fully saturated rings. The quantitative estimate of drug-likeness (QED) is 0.758. The van der Waals surface area contributed by atoms with E-state index in [1.54, 1.807) is 6.92 Å². The lowest BCUT2D eigenvalue weighted by molar-refractivity contribution is -0.122. The Kier molecular flexibility index (Phi) is 4.02. The normalized spacial score (nSPS) is 29.3. The molecule has 0 radical (unpaired) electrons. The Morgan fingerprint density at radius 3 is 2.39 bits per heavy atom. The van der Waals surface area contributed by atoms with Gasteiger partial charge < -0.3 is 5.11 Å². The molecule has 18 heavy (non-hydrogen) atoms. The average molecular weight is 248 g/mol. The topological polar surface area (TPSA) is 37.3 Å². The lowest BCUT2D eigenvalue weighted by Crippen LogP contribution is -2.49. The maximum Gasteiger partial charge on any atom is 0.159 e. The SMILES string of the molecule is C/C=C(C)\C=C\C1(O)C(C)=C(C)C(=O)CC1(C)C. The van der Waals surface area contributed by atoms with Gasteiger partial charge in [0.1, 0.15) is 5.60 Å². The Balaban J connectivity index is 3.33. The molecule has 0 saturated heterocycles. The number of allylic oxidation sites excluding steroid dienone is 4. The fourth-order valence-electron chi connectivity index (χ4n) is 2.37. The van der Waals surface area contributed by atoms with E-state index < -0.39 is 11.0 Å². The van der Waals surface area contributed by atoms with Crippen molar-refractivity contribution in [1.29, 1.82) is 0 Å². The lowest BCUT2D eigenvalue weighted by Gasteiger charge is -2.45. The van der Waals surface area contributed by atoms with Crippen LogP contribution in [-0.4, -0.2) is 16.5 Å². The number of carbonyl (C=O) groups is 1. The smallest absolute Gasteiger partial charge is 0.159 e. The predicted molar refractivity (Wildman–Crippen MR) is 75.3 cm³/mol. The minimum absolute atomic E-state index is 0.137. The molecule has 0 heterocycles. The lowest BCUT2D eigenvalue weighted by atomic mass is 9.62. The molecule has 1 aliphatic rings. The molecule has 1 atom stereocenters. The molecule has 0 aromatic heterocycles. The summed E-state index contributed by atoms with van der Waals surface area (Å²) in [4.78, 5) is 11.9. The Morgan fingerprint density at radius 1 is 1.33 bits per heavy atom. The van der Waals surface area contributed by atoms with Crippen molar-refractivity contribution < 1.29 is 9.90 Å². The Hall–Kier alpha value is -1.15. The number of Topliss-reactive ketones (excluding diaryl/α,β-unsaturated/α-hetero) is 1. The van der Waals surface area contributed by atoms with Crippen molar-refractivity contribution in [3.8, 4) is 0 Å². The standard InChI is InChI=1S/C16H24O2/c1-7-11(2)8-9-16(18)13(4)12(3)14(17)10-15(16,5)6/h7-9,18H,10H2,1-6H3/b9-8+,11-7-. The zero-order valence-corrected chi connectivity index (χ0v) is 12.3. The van der Waals surface area contributed by atoms with Crippen LogP contribution in [0.15, 0.2) is 34.9 Å². The highest BCUT2D eigenvalue weighted by Crippen LogP contribution is 2.46. The van der Waals surface area contributed by atoms with Crippen LogP contribution in [0.25, 0.3) is 0 Å². The van der Waals surface area contributed by atoms with E-state index in [4.69, 9.17) is 0 Å². The first kappa shape index (κ1) is 14.9. The van der Waals surface area contributed by atoms with Crippen LogP contribution >= 0.6 is 0 Å². The van der Waals surface area contributed by atoms with E-state index in [-0.39, 0.29) is 5.78 Å². The molecule has 0 spiro atoms. The van der Waals surface area contributed by atoms with E-state index in [1.807, 2.05) is 52.8 Å². The van der Waals surface area contributed by atoms with Crippen molar-refractivity contribution in [2.75, 3.05) is 0 Å². The summed E-state index contributed by atoms with van der Waals surface area (Å²) in [6.07, 6.45) is 6.13. The first-order valence-electron chi connectivity index (χ1n) is 6.41. The summed E-state index contributed by atoms with van der Waals surface area (Å²) in [7, 11) is 0. The molecule has 0 amide bonds. The van der Waals surface area contributed by atoms with Gasteiger partial charge in [0.25, 0.3) is 0 Å². The monoisotopic (exact) mass is 248 g/mol. The third kappa shape index (κ3) is 2.35. The molecule has 0 bridgehead atoms. The summed E-state index contributed by atoms with van der Waals surface area (Å²) < 4.78 is 0. The van der Waals surface area contributed by atoms with Gasteiger partial charge in [-0.25, -0.2) is 0 Å². The summed E-state index contributed by atoms with van der Waals surface area (Å²) in [5.74, 6) is 0.137. The van der Waals surface area contributed by atoms with E-state index in [1.165, 1.54) is 0 Å². The number of aliphatic hydroxyl groups is 1. The fraction of sp³-hybridized carbons (Fsp3) is 0.562. The minimum atomic E-state index is -1.05. The molecular formula is C16H24O2. The van der Waals surface area contributed by atoms with E-state index in [9.17, 15) is 9.90 Å². The minimum Gasteiger partial charge on any atom is -0.381 e. The van der Waals surface area contributed by atoms with E-state index in [2.05, 4.69) is 0 Å². The number of hydrogen-bond donors (Lipinski definition) is 1. The molecule has 1 N–H and O–H groups in total. The van der Waals surface area contributed by atoms with Gasteiger partial charge in [0.2, 0.25) is 0 Å². The molecule has 0 aliphatic heterocycles. The van der Waals surface area contributed by atoms with Crippen molar-refractivity contribution in [2.24, 2.45) is 5.41 Å². The zero-order valence-electron chi connectivity index (χ0n) is 12.3. The van der Waals surface area contributed by atoms with Crippen LogP contribution < -0.4 is 0 Å². The van der Waals surface area contributed by atoms with Crippen LogP contribution in [0.1, 0.15) is 48.0 Å². The van der Waals surface area contributed by atoms with Crippen molar-refractivity contribution in [2.45, 2.75) is 53.6 Å². The summed E-state index contributed by atoms with van der Waals surface area (Å²) >= 11 is 0. The van der Waals surface area contributed by atoms with Crippen molar-refractivity contribution in [3.63, 3.8) is 0 Å². The first-order chi connectivity index (χ1) is 8.15. The number of ketones is 1. The molecule has 1 aliphatic carbocycles. The maximum atomic E-state index is 11.9. The highest BCUT2D eigenvalue weighted by molar-refractivity contribution is 5.97. The largest absolute Gasteiger partial charge is 0.381 e. The van der Waals surface area contributed by atoms with Gasteiger partial charge in [0.05, 0.1) is 0 Å². The van der Waals surface area contributed by atoms with E-state index in [0.29, 0.717) is 12.0 Å². The summed E-state index contributed by atoms with van der Waals surface area (Å²) in [6, 6.07) is 0. The second-order valence-corrected chi connectivity index (χ2v) is 5.87. The van der Waals surface area contributed by atoms with Gasteiger partial charge in [0, 0.05) is 11.8 Å². The third-order valence-corrected chi connectivity index (χ3v) is 4.23. The van der Waals surface area contributed by atoms with E-state index in [0.717, 1.165) is 11.1 Å². The van der Waals surface area contributed by atoms with Crippen molar-refractivity contribution >= 4 is 5.78 Å². The van der Waals surface area contributed by atoms with Gasteiger partial charge >= 0.3 is 0 Å². The molecule has 1 unspecified atom stereocenters. The second-order valence-electron chi connectivity index (χ2n) is 5.87. The van der Waals surface area contributed by atoms with Gasteiger partial charge in [-0.05, 0) is 44.9 Å². The van der Waals surface area contributed by atoms with Crippen molar-refractivity contribution in [1.82, 2.24) is 0 Å². The van der Waals surface area contributed by atoms with Crippen LogP contribution in [0.4, 0.5) is 0 Å². The van der Waals surface area contributed by atoms with Gasteiger partial charge in [-0.1, -0.05) is 31.6 Å². The maximum absolute atomic E-state index is 11.9. The van der Waals surface area contributed by atoms with Crippen LogP contribution in [0, 0.1) is 5.41 Å². The Labute approximate surface area is 110 Å². The van der Waals surface area contributed by atoms with Crippen LogP contribution in [0.5, 0.6) is 0 Å². The average Bonchev–Trinajstić information content (AvgIpc) is 2.31. The van der Waals surface area contributed by atoms with Gasteiger partial charge in [-0.15, -0.1) is 0 Å². The number of carbonyl (C=O) groups excluding carboxylic acids is 1. The third-order valence-electron chi connectivity index (χ3n) is 4.23. The zero-order chi connectivity index (χ0) is 14.1. The van der Waals surface area contributed by atoms with Gasteiger partial charge in [-0.2, -0.15) is 0 Å². The van der Waals surface area contributed by atoms with Gasteiger partial charge in [0.15, 0.2) is 5.78 Å². The molecule has 0 aromatic rings. The molecule has 0 saturated carbocycles. The highest BCUT2D eigenvalue weighted by Gasteiger charge is 2.48. The first-order valence-corrected chi connectivity index (χ1v) is 6.41. The molecule has 100 valence electrons. The van der Waals surface area contributed by atoms with Crippen LogP contribution in [0.3, 0.4) is 0 Å². The summed E-state index contributed by atoms with van der Waals surface area (Å²) in [5, 5.41) is 11.0. The van der Waals surface area contributed by atoms with Crippen LogP contribution in [0.2, 0.25) is 0 Å². The highest BCUT2D eigenvalue weighted by atomic mass is 16.3. The molecular weight excluding hydrogens is 224 g/mol. The summed E-state index contributed by atoms with van der Waals surface area (Å²) in [5.41, 5.74) is 1.04. The summed E-state index contributed by atoms with van der Waals surface area (Å²) in [6.45, 7) is 11.5. The number of rotatable bonds is 2. The second kappa shape index (κ2) is 4.85. The fourth-order valence-corrected chi connectivity index (χ4v) is 2.37. The van der Waals surface area contributed by atoms with E-state index >= 15 is 0 Å². The molecule has 2 heteroatoms. The molecule has 2 nitrogen and oxygen atoms in total. The molecule has 1 rings (SSSR count). The molecule has 0 aromatic carbocycles. The Bertz CT molecular complexity index is 450. The Morgan fingerprint density at radius 2 is 1.89 bits per heavy atom. The van der Waals surface area contributed by atoms with Gasteiger partial charge in [-0.3, -0.25) is 4.79 Å².